The number of hydrogen-bond donors (Lipinski definition) is 5. The fourth-order valence-electron chi connectivity index (χ4n) is 6.82. The molecule has 0 saturated carbocycles. The van der Waals surface area contributed by atoms with E-state index in [1.807, 2.05) is 58.7 Å². The van der Waals surface area contributed by atoms with E-state index in [9.17, 15) is 29.1 Å². The number of amides is 4. The van der Waals surface area contributed by atoms with E-state index in [1.54, 1.807) is 43.3 Å². The summed E-state index contributed by atoms with van der Waals surface area (Å²) in [6.45, 7) is 14.3. The number of rotatable bonds is 19. The fourth-order valence-corrected chi connectivity index (χ4v) is 7.66. The lowest BCUT2D eigenvalue weighted by molar-refractivity contribution is -0.142. The van der Waals surface area contributed by atoms with Crippen molar-refractivity contribution in [3.8, 4) is 0 Å². The number of aromatic nitrogens is 1. The highest BCUT2D eigenvalue weighted by Gasteiger charge is 2.44. The summed E-state index contributed by atoms with van der Waals surface area (Å²) in [5.74, 6) is -2.80. The number of benzene rings is 1. The Labute approximate surface area is 324 Å². The van der Waals surface area contributed by atoms with Gasteiger partial charge in [-0.25, -0.2) is 9.78 Å². The minimum Gasteiger partial charge on any atom is -0.481 e. The molecule has 300 valence electrons. The van der Waals surface area contributed by atoms with E-state index in [0.717, 1.165) is 29.9 Å². The number of nitrogens with two attached hydrogens (primary N) is 1. The van der Waals surface area contributed by atoms with Crippen LogP contribution in [0.15, 0.2) is 29.6 Å². The number of nitrogens with zero attached hydrogens (tertiary/aromatic N) is 3. The Morgan fingerprint density at radius 2 is 1.74 bits per heavy atom. The van der Waals surface area contributed by atoms with Crippen molar-refractivity contribution in [2.24, 2.45) is 17.8 Å². The fraction of sp³-hybridized carbons (Fsp3) is 0.641. The van der Waals surface area contributed by atoms with Crippen molar-refractivity contribution in [1.29, 1.82) is 0 Å². The molecule has 0 bridgehead atoms. The van der Waals surface area contributed by atoms with Crippen molar-refractivity contribution in [1.82, 2.24) is 30.7 Å². The van der Waals surface area contributed by atoms with Gasteiger partial charge in [-0.2, -0.15) is 0 Å². The predicted molar refractivity (Wildman–Crippen MR) is 210 cm³/mol. The van der Waals surface area contributed by atoms with Crippen LogP contribution in [0.3, 0.4) is 0 Å². The Balaban J connectivity index is 1.87. The van der Waals surface area contributed by atoms with E-state index >= 15 is 0 Å². The number of carboxylic acid groups (broad SMARTS) is 1. The maximum absolute atomic E-state index is 14.3. The number of thiazole rings is 1. The summed E-state index contributed by atoms with van der Waals surface area (Å²) in [4.78, 5) is 74.3. The largest absolute Gasteiger partial charge is 0.481 e. The number of carbonyl (C=O) groups is 5. The first kappa shape index (κ1) is 44.2. The molecule has 54 heavy (non-hydrogen) atoms. The number of anilines is 1. The van der Waals surface area contributed by atoms with Crippen LogP contribution in [0.25, 0.3) is 0 Å². The third-order valence-corrected chi connectivity index (χ3v) is 11.7. The van der Waals surface area contributed by atoms with Crippen molar-refractivity contribution in [2.75, 3.05) is 32.9 Å². The number of alkyl carbamates (subject to hydrolysis) is 1. The summed E-state index contributed by atoms with van der Waals surface area (Å²) in [6, 6.07) is 5.47. The van der Waals surface area contributed by atoms with E-state index < -0.39 is 53.7 Å². The van der Waals surface area contributed by atoms with Gasteiger partial charge in [0.1, 0.15) is 16.7 Å². The molecule has 0 radical (unpaired) electrons. The number of likely N-dealkylation sites (tertiary alicyclic amines) is 1. The van der Waals surface area contributed by atoms with Crippen molar-refractivity contribution in [3.05, 3.63) is 45.9 Å². The normalized spacial score (nSPS) is 19.2. The maximum Gasteiger partial charge on any atom is 0.407 e. The number of carboxylic acids is 1. The monoisotopic (exact) mass is 771 g/mol. The molecule has 3 rings (SSSR count). The zero-order valence-corrected chi connectivity index (χ0v) is 34.1. The van der Waals surface area contributed by atoms with Gasteiger partial charge in [0.15, 0.2) is 6.10 Å². The van der Waals surface area contributed by atoms with Gasteiger partial charge >= 0.3 is 12.1 Å². The lowest BCUT2D eigenvalue weighted by Crippen LogP contribution is -2.60. The van der Waals surface area contributed by atoms with Crippen molar-refractivity contribution in [2.45, 2.75) is 117 Å². The summed E-state index contributed by atoms with van der Waals surface area (Å²) in [5, 5.41) is 20.2. The lowest BCUT2D eigenvalue weighted by Gasteiger charge is -2.38. The third-order valence-electron chi connectivity index (χ3n) is 10.8. The molecule has 1 aliphatic heterocycles. The van der Waals surface area contributed by atoms with Crippen LogP contribution < -0.4 is 21.7 Å². The number of likely N-dealkylation sites (N-methyl/N-ethyl adjacent to an activating group) is 2. The lowest BCUT2D eigenvalue weighted by atomic mass is 9.91. The van der Waals surface area contributed by atoms with E-state index in [-0.39, 0.29) is 42.2 Å². The van der Waals surface area contributed by atoms with Crippen LogP contribution in [0.5, 0.6) is 0 Å². The zero-order chi connectivity index (χ0) is 40.3. The molecule has 4 amide bonds. The summed E-state index contributed by atoms with van der Waals surface area (Å²) < 4.78 is 5.89. The van der Waals surface area contributed by atoms with E-state index in [2.05, 4.69) is 20.9 Å². The molecule has 0 aliphatic carbocycles. The Kier molecular flexibility index (Phi) is 16.3. The number of hydrogen-bond acceptors (Lipinski definition) is 10. The average molecular weight is 772 g/mol. The van der Waals surface area contributed by atoms with Gasteiger partial charge in [-0.15, -0.1) is 11.3 Å². The van der Waals surface area contributed by atoms with Crippen LogP contribution in [0.4, 0.5) is 10.5 Å². The Morgan fingerprint density at radius 3 is 2.30 bits per heavy atom. The summed E-state index contributed by atoms with van der Waals surface area (Å²) >= 11 is 1.16. The Bertz CT molecular complexity index is 1580. The molecule has 7 atom stereocenters. The molecular weight excluding hydrogens is 711 g/mol. The van der Waals surface area contributed by atoms with Gasteiger partial charge in [-0.05, 0) is 82.7 Å². The van der Waals surface area contributed by atoms with E-state index in [1.165, 1.54) is 0 Å². The van der Waals surface area contributed by atoms with Crippen LogP contribution in [0.2, 0.25) is 0 Å². The van der Waals surface area contributed by atoms with Gasteiger partial charge in [0.25, 0.3) is 5.91 Å². The van der Waals surface area contributed by atoms with Gasteiger partial charge in [0.2, 0.25) is 11.8 Å². The molecule has 15 heteroatoms. The SMILES string of the molecule is CCNC(=O)O[C@H](C[C@H](C(C)C)N(C)C(=O)[C@@H](NC(=O)[C@@]1(C)CCCN1C)[C@@H](C)CC)c1nc(C(=O)N[C@@H](Cc2ccc(N)cc2)C[C@H](C)C(=O)O)cs1. The highest BCUT2D eigenvalue weighted by molar-refractivity contribution is 7.09. The molecule has 1 aromatic carbocycles. The number of ether oxygens (including phenoxy) is 1. The molecule has 1 aromatic heterocycles. The molecule has 1 saturated heterocycles. The maximum atomic E-state index is 14.3. The minimum absolute atomic E-state index is 0.0842. The highest BCUT2D eigenvalue weighted by Crippen LogP contribution is 2.32. The van der Waals surface area contributed by atoms with Crippen LogP contribution in [-0.2, 0) is 25.5 Å². The smallest absolute Gasteiger partial charge is 0.407 e. The topological polar surface area (TPSA) is 196 Å². The van der Waals surface area contributed by atoms with Crippen LogP contribution in [-0.4, -0.2) is 101 Å². The molecule has 1 aliphatic rings. The molecule has 2 aromatic rings. The number of aliphatic carboxylic acids is 1. The first-order valence-electron chi connectivity index (χ1n) is 19.0. The molecule has 6 N–H and O–H groups in total. The molecule has 0 spiro atoms. The van der Waals surface area contributed by atoms with E-state index in [0.29, 0.717) is 36.5 Å². The second kappa shape index (κ2) is 19.9. The van der Waals surface area contributed by atoms with Crippen LogP contribution in [0, 0.1) is 17.8 Å². The van der Waals surface area contributed by atoms with Gasteiger partial charge < -0.3 is 36.4 Å². The molecule has 14 nitrogen and oxygen atoms in total. The van der Waals surface area contributed by atoms with Gasteiger partial charge in [0, 0.05) is 43.2 Å². The number of nitrogens with one attached hydrogen (secondary N) is 3. The first-order valence-corrected chi connectivity index (χ1v) is 19.9. The molecule has 1 fully saturated rings. The van der Waals surface area contributed by atoms with Crippen molar-refractivity contribution < 1.29 is 33.8 Å². The molecular formula is C39H61N7O7S. The standard InChI is InChI=1S/C39H61N7O7S/c1-10-24(5)32(44-37(51)39(7)17-12-18-45(39)8)35(48)46(9)30(23(3)4)21-31(53-38(52)41-11-2)34-43-29(22-54-34)33(47)42-28(19-25(6)36(49)50)20-26-13-15-27(40)16-14-26/h13-16,22-25,28,30-32H,10-12,17-21,40H2,1-9H3,(H,41,52)(H,42,47)(H,44,51)(H,49,50)/t24-,25-,28+,30+,31+,32-,39+/m0/s1. The summed E-state index contributed by atoms with van der Waals surface area (Å²) in [6.07, 6.45) is 1.47. The Morgan fingerprint density at radius 1 is 1.07 bits per heavy atom. The highest BCUT2D eigenvalue weighted by atomic mass is 32.1. The van der Waals surface area contributed by atoms with Gasteiger partial charge in [-0.3, -0.25) is 24.1 Å². The second-order valence-electron chi connectivity index (χ2n) is 15.2. The predicted octanol–water partition coefficient (Wildman–Crippen LogP) is 4.85. The first-order chi connectivity index (χ1) is 25.4. The summed E-state index contributed by atoms with van der Waals surface area (Å²) in [5.41, 5.74) is 6.71. The Hall–Kier alpha value is -4.24. The second-order valence-corrected chi connectivity index (χ2v) is 16.1. The number of nitrogen functional groups attached to an aromatic ring is 1. The summed E-state index contributed by atoms with van der Waals surface area (Å²) in [7, 11) is 3.64. The van der Waals surface area contributed by atoms with Crippen LogP contribution >= 0.6 is 11.3 Å². The number of carbonyl (C=O) groups excluding carboxylic acids is 4. The zero-order valence-electron chi connectivity index (χ0n) is 33.3. The van der Waals surface area contributed by atoms with Crippen molar-refractivity contribution in [3.63, 3.8) is 0 Å². The van der Waals surface area contributed by atoms with Crippen molar-refractivity contribution >= 4 is 46.8 Å². The molecule has 2 heterocycles. The quantitative estimate of drug-likeness (QED) is 0.123. The third kappa shape index (κ3) is 11.6. The average Bonchev–Trinajstić information content (AvgIpc) is 3.76. The molecule has 0 unspecified atom stereocenters. The van der Waals surface area contributed by atoms with Gasteiger partial charge in [-0.1, -0.05) is 53.2 Å². The van der Waals surface area contributed by atoms with Gasteiger partial charge in [0.05, 0.1) is 11.5 Å². The van der Waals surface area contributed by atoms with Crippen LogP contribution in [0.1, 0.15) is 108 Å². The van der Waals surface area contributed by atoms with E-state index in [4.69, 9.17) is 10.5 Å². The minimum atomic E-state index is -0.968.